The first-order valence-electron chi connectivity index (χ1n) is 12.6. The average molecular weight is 505 g/mol. The van der Waals surface area contributed by atoms with Crippen LogP contribution in [0.4, 0.5) is 4.39 Å². The topological polar surface area (TPSA) is 67.2 Å². The van der Waals surface area contributed by atoms with Gasteiger partial charge in [0.05, 0.1) is 11.2 Å². The number of hydroxylamine groups is 2. The summed E-state index contributed by atoms with van der Waals surface area (Å²) in [4.78, 5) is 2.33. The lowest BCUT2D eigenvalue weighted by Gasteiger charge is -2.51. The number of rotatable bonds is 6. The van der Waals surface area contributed by atoms with E-state index in [0.717, 1.165) is 24.2 Å². The minimum absolute atomic E-state index is 0.222. The summed E-state index contributed by atoms with van der Waals surface area (Å²) in [6, 6.07) is 13.6. The molecule has 0 bridgehead atoms. The maximum atomic E-state index is 13.3. The molecule has 2 aliphatic rings. The van der Waals surface area contributed by atoms with Crippen molar-refractivity contribution in [2.45, 2.75) is 69.6 Å². The number of nitrogens with zero attached hydrogens (tertiary/aromatic N) is 2. The Morgan fingerprint density at radius 2 is 1.69 bits per heavy atom. The summed E-state index contributed by atoms with van der Waals surface area (Å²) in [7, 11) is 0. The molecule has 2 heterocycles. The summed E-state index contributed by atoms with van der Waals surface area (Å²) >= 11 is 6.05. The number of aliphatic hydroxyl groups is 2. The second-order valence-corrected chi connectivity index (χ2v) is 11.6. The maximum Gasteiger partial charge on any atom is 0.123 e. The summed E-state index contributed by atoms with van der Waals surface area (Å²) in [6.07, 6.45) is 3.59. The van der Waals surface area contributed by atoms with E-state index in [1.165, 1.54) is 17.2 Å². The molecular weight excluding hydrogens is 467 g/mol. The predicted molar refractivity (Wildman–Crippen MR) is 136 cm³/mol. The van der Waals surface area contributed by atoms with Gasteiger partial charge in [-0.3, -0.25) is 0 Å². The van der Waals surface area contributed by atoms with Gasteiger partial charge in [-0.1, -0.05) is 49.7 Å². The molecule has 5 nitrogen and oxygen atoms in total. The molecule has 0 saturated carbocycles. The zero-order valence-corrected chi connectivity index (χ0v) is 21.5. The fraction of sp³-hybridized carbons (Fsp3) is 0.571. The van der Waals surface area contributed by atoms with Crippen molar-refractivity contribution in [2.75, 3.05) is 26.2 Å². The van der Waals surface area contributed by atoms with Crippen molar-refractivity contribution in [3.63, 3.8) is 0 Å². The van der Waals surface area contributed by atoms with Crippen molar-refractivity contribution >= 4 is 11.6 Å². The third-order valence-electron chi connectivity index (χ3n) is 8.19. The quantitative estimate of drug-likeness (QED) is 0.516. The second kappa shape index (κ2) is 10.4. The molecule has 192 valence electrons. The third kappa shape index (κ3) is 6.07. The van der Waals surface area contributed by atoms with Crippen molar-refractivity contribution in [1.29, 1.82) is 0 Å². The van der Waals surface area contributed by atoms with Crippen LogP contribution in [0.15, 0.2) is 48.5 Å². The van der Waals surface area contributed by atoms with Gasteiger partial charge in [0.2, 0.25) is 0 Å². The van der Waals surface area contributed by atoms with Gasteiger partial charge in [0, 0.05) is 42.7 Å². The van der Waals surface area contributed by atoms with E-state index in [1.54, 1.807) is 12.1 Å². The van der Waals surface area contributed by atoms with Crippen molar-refractivity contribution in [3.05, 3.63) is 70.5 Å². The Labute approximate surface area is 213 Å². The molecule has 35 heavy (non-hydrogen) atoms. The first-order chi connectivity index (χ1) is 16.5. The van der Waals surface area contributed by atoms with Crippen LogP contribution in [0.5, 0.6) is 0 Å². The molecule has 2 saturated heterocycles. The predicted octanol–water partition coefficient (Wildman–Crippen LogP) is 5.01. The Morgan fingerprint density at radius 3 is 2.34 bits per heavy atom. The van der Waals surface area contributed by atoms with Crippen LogP contribution in [-0.2, 0) is 12.0 Å². The molecule has 2 fully saturated rings. The highest BCUT2D eigenvalue weighted by Crippen LogP contribution is 2.46. The van der Waals surface area contributed by atoms with Crippen LogP contribution in [0.1, 0.15) is 57.1 Å². The summed E-state index contributed by atoms with van der Waals surface area (Å²) in [5.41, 5.74) is -0.362. The first kappa shape index (κ1) is 26.5. The Hall–Kier alpha value is -1.54. The standard InChI is InChI=1S/C28H38ClFN2O3/c1-26(2)20-31(17-14-28(26,34)22-6-8-23(29)9-7-22)16-13-27(33)12-3-15-32(35)25(19-27)18-21-4-10-24(30)11-5-21/h4-11,25,33-35H,3,12-20H2,1-2H3/t25?,27?,28-/m1/s1. The van der Waals surface area contributed by atoms with Crippen molar-refractivity contribution in [3.8, 4) is 0 Å². The van der Waals surface area contributed by atoms with E-state index in [4.69, 9.17) is 11.6 Å². The molecule has 3 atom stereocenters. The Bertz CT molecular complexity index is 987. The summed E-state index contributed by atoms with van der Waals surface area (Å²) < 4.78 is 13.3. The highest BCUT2D eigenvalue weighted by molar-refractivity contribution is 6.30. The van der Waals surface area contributed by atoms with Gasteiger partial charge in [-0.25, -0.2) is 4.39 Å². The molecular formula is C28H38ClFN2O3. The van der Waals surface area contributed by atoms with Gasteiger partial charge >= 0.3 is 0 Å². The third-order valence-corrected chi connectivity index (χ3v) is 8.45. The molecule has 0 amide bonds. The lowest BCUT2D eigenvalue weighted by atomic mass is 9.66. The zero-order valence-electron chi connectivity index (χ0n) is 20.8. The van der Waals surface area contributed by atoms with Gasteiger partial charge in [-0.2, -0.15) is 5.06 Å². The van der Waals surface area contributed by atoms with Crippen molar-refractivity contribution < 1.29 is 19.8 Å². The van der Waals surface area contributed by atoms with Gasteiger partial charge in [-0.05, 0) is 73.9 Å². The smallest absolute Gasteiger partial charge is 0.123 e. The van der Waals surface area contributed by atoms with Gasteiger partial charge < -0.3 is 20.3 Å². The van der Waals surface area contributed by atoms with Gasteiger partial charge in [-0.15, -0.1) is 0 Å². The van der Waals surface area contributed by atoms with Gasteiger partial charge in [0.1, 0.15) is 5.82 Å². The number of hydrogen-bond donors (Lipinski definition) is 3. The zero-order chi connectivity index (χ0) is 25.3. The molecule has 7 heteroatoms. The molecule has 0 spiro atoms. The molecule has 4 rings (SSSR count). The monoisotopic (exact) mass is 504 g/mol. The van der Waals surface area contributed by atoms with Crippen LogP contribution in [0.2, 0.25) is 5.02 Å². The van der Waals surface area contributed by atoms with Crippen molar-refractivity contribution in [1.82, 2.24) is 9.96 Å². The number of piperidine rings is 1. The second-order valence-electron chi connectivity index (χ2n) is 11.2. The molecule has 0 radical (unpaired) electrons. The van der Waals surface area contributed by atoms with Crippen molar-refractivity contribution in [2.24, 2.45) is 5.41 Å². The fourth-order valence-electron chi connectivity index (χ4n) is 5.94. The van der Waals surface area contributed by atoms with Crippen LogP contribution in [0, 0.1) is 11.2 Å². The Kier molecular flexibility index (Phi) is 7.91. The van der Waals surface area contributed by atoms with Crippen LogP contribution < -0.4 is 0 Å². The summed E-state index contributed by atoms with van der Waals surface area (Å²) in [5.74, 6) is -0.278. The fourth-order valence-corrected chi connectivity index (χ4v) is 6.07. The highest BCUT2D eigenvalue weighted by atomic mass is 35.5. The molecule has 3 N–H and O–H groups in total. The largest absolute Gasteiger partial charge is 0.390 e. The minimum Gasteiger partial charge on any atom is -0.390 e. The normalized spacial score (nSPS) is 30.2. The Morgan fingerprint density at radius 1 is 1.00 bits per heavy atom. The average Bonchev–Trinajstić information content (AvgIpc) is 2.94. The minimum atomic E-state index is -0.940. The molecule has 2 unspecified atom stereocenters. The van der Waals surface area contributed by atoms with E-state index in [0.29, 0.717) is 56.6 Å². The molecule has 2 aromatic rings. The van der Waals surface area contributed by atoms with Crippen LogP contribution in [-0.4, -0.2) is 63.2 Å². The lowest BCUT2D eigenvalue weighted by molar-refractivity contribution is -0.136. The highest BCUT2D eigenvalue weighted by Gasteiger charge is 2.49. The number of hydrogen-bond acceptors (Lipinski definition) is 5. The van der Waals surface area contributed by atoms with E-state index in [9.17, 15) is 19.8 Å². The number of halogens is 2. The number of likely N-dealkylation sites (tertiary alicyclic amines) is 1. The SMILES string of the molecule is CC1(C)CN(CCC2(O)CCCN(O)C(Cc3ccc(F)cc3)C2)CC[C@@]1(O)c1ccc(Cl)cc1. The molecule has 0 aliphatic carbocycles. The van der Waals surface area contributed by atoms with Crippen LogP contribution >= 0.6 is 11.6 Å². The van der Waals surface area contributed by atoms with Crippen LogP contribution in [0.25, 0.3) is 0 Å². The summed E-state index contributed by atoms with van der Waals surface area (Å²) in [6.45, 7) is 6.88. The maximum absolute atomic E-state index is 13.3. The van der Waals surface area contributed by atoms with E-state index in [2.05, 4.69) is 18.7 Å². The van der Waals surface area contributed by atoms with E-state index >= 15 is 0 Å². The van der Waals surface area contributed by atoms with Gasteiger partial charge in [0.15, 0.2) is 0 Å². The van der Waals surface area contributed by atoms with Crippen LogP contribution in [0.3, 0.4) is 0 Å². The molecule has 2 aromatic carbocycles. The Balaban J connectivity index is 1.39. The van der Waals surface area contributed by atoms with E-state index < -0.39 is 11.2 Å². The molecule has 0 aromatic heterocycles. The number of benzene rings is 2. The van der Waals surface area contributed by atoms with E-state index in [1.807, 2.05) is 24.3 Å². The van der Waals surface area contributed by atoms with E-state index in [-0.39, 0.29) is 17.3 Å². The lowest BCUT2D eigenvalue weighted by Crippen LogP contribution is -2.56. The molecule has 2 aliphatic heterocycles. The first-order valence-corrected chi connectivity index (χ1v) is 13.0. The summed E-state index contributed by atoms with van der Waals surface area (Å²) in [5, 5.41) is 35.7. The van der Waals surface area contributed by atoms with Gasteiger partial charge in [0.25, 0.3) is 0 Å².